The molecular weight excluding hydrogens is 230 g/mol. The molecule has 1 saturated carbocycles. The standard InChI is InChI=1S/C18H29N/c1-4-7-16-10-12-17(13-11-16)19-15(3)18-9-6-5-8-14(18)2/h5-6,8-9,15-17,19H,4,7,10-13H2,1-3H3. The second-order valence-corrected chi connectivity index (χ2v) is 6.25. The predicted molar refractivity (Wildman–Crippen MR) is 83.4 cm³/mol. The quantitative estimate of drug-likeness (QED) is 0.784. The van der Waals surface area contributed by atoms with Crippen molar-refractivity contribution in [2.75, 3.05) is 0 Å². The van der Waals surface area contributed by atoms with Crippen LogP contribution in [0.3, 0.4) is 0 Å². The minimum absolute atomic E-state index is 0.480. The van der Waals surface area contributed by atoms with Gasteiger partial charge in [0.1, 0.15) is 0 Å². The summed E-state index contributed by atoms with van der Waals surface area (Å²) in [7, 11) is 0. The Morgan fingerprint density at radius 2 is 1.84 bits per heavy atom. The number of hydrogen-bond donors (Lipinski definition) is 1. The summed E-state index contributed by atoms with van der Waals surface area (Å²) < 4.78 is 0. The van der Waals surface area contributed by atoms with Crippen LogP contribution in [0.25, 0.3) is 0 Å². The molecule has 0 bridgehead atoms. The average molecular weight is 259 g/mol. The van der Waals surface area contributed by atoms with Crippen LogP contribution in [-0.4, -0.2) is 6.04 Å². The van der Waals surface area contributed by atoms with Crippen molar-refractivity contribution in [3.63, 3.8) is 0 Å². The van der Waals surface area contributed by atoms with Crippen LogP contribution in [0.4, 0.5) is 0 Å². The van der Waals surface area contributed by atoms with Gasteiger partial charge in [0.25, 0.3) is 0 Å². The van der Waals surface area contributed by atoms with Gasteiger partial charge in [0.05, 0.1) is 0 Å². The van der Waals surface area contributed by atoms with Gasteiger partial charge in [0, 0.05) is 12.1 Å². The monoisotopic (exact) mass is 259 g/mol. The zero-order chi connectivity index (χ0) is 13.7. The van der Waals surface area contributed by atoms with Crippen molar-refractivity contribution >= 4 is 0 Å². The molecule has 1 heteroatoms. The van der Waals surface area contributed by atoms with Gasteiger partial charge < -0.3 is 5.32 Å². The molecule has 2 rings (SSSR count). The first-order chi connectivity index (χ1) is 9.20. The van der Waals surface area contributed by atoms with Gasteiger partial charge in [0.15, 0.2) is 0 Å². The van der Waals surface area contributed by atoms with E-state index in [-0.39, 0.29) is 0 Å². The van der Waals surface area contributed by atoms with Crippen molar-refractivity contribution in [2.24, 2.45) is 5.92 Å². The average Bonchev–Trinajstić information content (AvgIpc) is 2.42. The third-order valence-corrected chi connectivity index (χ3v) is 4.68. The first-order valence-electron chi connectivity index (χ1n) is 8.02. The molecular formula is C18H29N. The first-order valence-corrected chi connectivity index (χ1v) is 8.02. The van der Waals surface area contributed by atoms with Gasteiger partial charge in [-0.05, 0) is 56.6 Å². The summed E-state index contributed by atoms with van der Waals surface area (Å²) in [5, 5.41) is 3.84. The molecule has 1 aromatic carbocycles. The van der Waals surface area contributed by atoms with E-state index in [1.807, 2.05) is 0 Å². The highest BCUT2D eigenvalue weighted by Crippen LogP contribution is 2.29. The second kappa shape index (κ2) is 7.09. The highest BCUT2D eigenvalue weighted by atomic mass is 14.9. The van der Waals surface area contributed by atoms with Gasteiger partial charge in [0.2, 0.25) is 0 Å². The normalized spacial score (nSPS) is 25.2. The number of rotatable bonds is 5. The maximum atomic E-state index is 3.84. The zero-order valence-corrected chi connectivity index (χ0v) is 12.8. The van der Waals surface area contributed by atoms with E-state index in [1.165, 1.54) is 49.7 Å². The molecule has 0 saturated heterocycles. The predicted octanol–water partition coefficient (Wildman–Crippen LogP) is 5.00. The molecule has 0 heterocycles. The van der Waals surface area contributed by atoms with Crippen molar-refractivity contribution in [1.82, 2.24) is 5.32 Å². The summed E-state index contributed by atoms with van der Waals surface area (Å²) in [5.41, 5.74) is 2.86. The van der Waals surface area contributed by atoms with Crippen molar-refractivity contribution in [1.29, 1.82) is 0 Å². The third-order valence-electron chi connectivity index (χ3n) is 4.68. The van der Waals surface area contributed by atoms with E-state index in [1.54, 1.807) is 0 Å². The molecule has 1 atom stereocenters. The summed E-state index contributed by atoms with van der Waals surface area (Å²) in [6.07, 6.45) is 8.35. The van der Waals surface area contributed by atoms with Crippen molar-refractivity contribution in [3.8, 4) is 0 Å². The molecule has 0 aliphatic heterocycles. The molecule has 0 aromatic heterocycles. The Morgan fingerprint density at radius 3 is 2.47 bits per heavy atom. The van der Waals surface area contributed by atoms with Crippen molar-refractivity contribution < 1.29 is 0 Å². The Balaban J connectivity index is 1.84. The van der Waals surface area contributed by atoms with Gasteiger partial charge in [-0.15, -0.1) is 0 Å². The fourth-order valence-electron chi connectivity index (χ4n) is 3.54. The third kappa shape index (κ3) is 4.07. The molecule has 1 aliphatic carbocycles. The largest absolute Gasteiger partial charge is 0.307 e. The molecule has 1 fully saturated rings. The lowest BCUT2D eigenvalue weighted by Crippen LogP contribution is -2.35. The number of aryl methyl sites for hydroxylation is 1. The van der Waals surface area contributed by atoms with Crippen LogP contribution in [0.1, 0.15) is 69.5 Å². The Kier molecular flexibility index (Phi) is 5.45. The van der Waals surface area contributed by atoms with Crippen LogP contribution in [0.2, 0.25) is 0 Å². The maximum absolute atomic E-state index is 3.84. The van der Waals surface area contributed by atoms with E-state index in [2.05, 4.69) is 50.4 Å². The lowest BCUT2D eigenvalue weighted by Gasteiger charge is -2.31. The topological polar surface area (TPSA) is 12.0 Å². The highest BCUT2D eigenvalue weighted by Gasteiger charge is 2.22. The Hall–Kier alpha value is -0.820. The second-order valence-electron chi connectivity index (χ2n) is 6.25. The van der Waals surface area contributed by atoms with Crippen LogP contribution >= 0.6 is 0 Å². The molecule has 1 nitrogen and oxygen atoms in total. The summed E-state index contributed by atoms with van der Waals surface area (Å²) in [5.74, 6) is 0.997. The molecule has 1 unspecified atom stereocenters. The first kappa shape index (κ1) is 14.6. The van der Waals surface area contributed by atoms with Crippen molar-refractivity contribution in [2.45, 2.75) is 71.4 Å². The van der Waals surface area contributed by atoms with Crippen LogP contribution in [0, 0.1) is 12.8 Å². The summed E-state index contributed by atoms with van der Waals surface area (Å²) in [6, 6.07) is 9.96. The summed E-state index contributed by atoms with van der Waals surface area (Å²) >= 11 is 0. The van der Waals surface area contributed by atoms with Gasteiger partial charge >= 0.3 is 0 Å². The lowest BCUT2D eigenvalue weighted by atomic mass is 9.83. The summed E-state index contributed by atoms with van der Waals surface area (Å²) in [6.45, 7) is 6.83. The van der Waals surface area contributed by atoms with Gasteiger partial charge in [-0.1, -0.05) is 44.0 Å². The van der Waals surface area contributed by atoms with E-state index in [0.29, 0.717) is 6.04 Å². The lowest BCUT2D eigenvalue weighted by molar-refractivity contribution is 0.266. The van der Waals surface area contributed by atoms with Crippen LogP contribution in [-0.2, 0) is 0 Å². The minimum atomic E-state index is 0.480. The maximum Gasteiger partial charge on any atom is 0.0296 e. The fourth-order valence-corrected chi connectivity index (χ4v) is 3.54. The zero-order valence-electron chi connectivity index (χ0n) is 12.8. The molecule has 19 heavy (non-hydrogen) atoms. The van der Waals surface area contributed by atoms with Gasteiger partial charge in [-0.3, -0.25) is 0 Å². The Labute approximate surface area is 118 Å². The summed E-state index contributed by atoms with van der Waals surface area (Å²) in [4.78, 5) is 0. The van der Waals surface area contributed by atoms with Gasteiger partial charge in [-0.25, -0.2) is 0 Å². The van der Waals surface area contributed by atoms with Crippen LogP contribution < -0.4 is 5.32 Å². The molecule has 1 aliphatic rings. The SMILES string of the molecule is CCCC1CCC(NC(C)c2ccccc2C)CC1. The van der Waals surface area contributed by atoms with Crippen LogP contribution in [0.15, 0.2) is 24.3 Å². The molecule has 1 aromatic rings. The number of hydrogen-bond acceptors (Lipinski definition) is 1. The van der Waals surface area contributed by atoms with E-state index in [0.717, 1.165) is 12.0 Å². The molecule has 106 valence electrons. The molecule has 0 amide bonds. The Bertz CT molecular complexity index is 377. The minimum Gasteiger partial charge on any atom is -0.307 e. The van der Waals surface area contributed by atoms with Gasteiger partial charge in [-0.2, -0.15) is 0 Å². The molecule has 1 N–H and O–H groups in total. The smallest absolute Gasteiger partial charge is 0.0296 e. The molecule has 0 spiro atoms. The molecule has 0 radical (unpaired) electrons. The van der Waals surface area contributed by atoms with E-state index in [9.17, 15) is 0 Å². The Morgan fingerprint density at radius 1 is 1.16 bits per heavy atom. The van der Waals surface area contributed by atoms with E-state index in [4.69, 9.17) is 0 Å². The number of nitrogens with one attached hydrogen (secondary N) is 1. The van der Waals surface area contributed by atoms with Crippen molar-refractivity contribution in [3.05, 3.63) is 35.4 Å². The van der Waals surface area contributed by atoms with E-state index >= 15 is 0 Å². The highest BCUT2D eigenvalue weighted by molar-refractivity contribution is 5.28. The van der Waals surface area contributed by atoms with Crippen LogP contribution in [0.5, 0.6) is 0 Å². The fraction of sp³-hybridized carbons (Fsp3) is 0.667. The number of benzene rings is 1. The van der Waals surface area contributed by atoms with E-state index < -0.39 is 0 Å².